The fraction of sp³-hybridized carbons (Fsp3) is 0.533. The molecular formula is C15H22N6. The van der Waals surface area contributed by atoms with Crippen molar-refractivity contribution in [3.05, 3.63) is 18.2 Å². The number of nitrogen functional groups attached to an aromatic ring is 2. The van der Waals surface area contributed by atoms with Gasteiger partial charge in [-0.05, 0) is 59.7 Å². The number of anilines is 2. The van der Waals surface area contributed by atoms with Gasteiger partial charge in [0.1, 0.15) is 0 Å². The van der Waals surface area contributed by atoms with E-state index in [1.807, 2.05) is 16.8 Å². The normalized spacial score (nSPS) is 25.9. The topological polar surface area (TPSA) is 95.6 Å². The van der Waals surface area contributed by atoms with Crippen LogP contribution in [0.1, 0.15) is 39.2 Å². The fourth-order valence-electron chi connectivity index (χ4n) is 3.39. The molecule has 0 bridgehead atoms. The van der Waals surface area contributed by atoms with Crippen molar-refractivity contribution in [3.63, 3.8) is 0 Å². The molecule has 0 saturated heterocycles. The first-order chi connectivity index (χ1) is 10.1. The maximum Gasteiger partial charge on any atom is 0.184 e. The Morgan fingerprint density at radius 1 is 1.19 bits per heavy atom. The SMILES string of the molecule is CC1CCC(n2nnnc2-c2ccc(N)cc2N)C(C)C1. The second-order valence-electron chi connectivity index (χ2n) is 6.26. The van der Waals surface area contributed by atoms with E-state index < -0.39 is 0 Å². The highest BCUT2D eigenvalue weighted by atomic mass is 15.6. The molecule has 1 saturated carbocycles. The first-order valence-electron chi connectivity index (χ1n) is 7.49. The molecular weight excluding hydrogens is 264 g/mol. The Balaban J connectivity index is 1.97. The van der Waals surface area contributed by atoms with Crippen LogP contribution in [0.5, 0.6) is 0 Å². The quantitative estimate of drug-likeness (QED) is 0.827. The predicted molar refractivity (Wildman–Crippen MR) is 83.3 cm³/mol. The highest BCUT2D eigenvalue weighted by Gasteiger charge is 2.30. The van der Waals surface area contributed by atoms with Crippen LogP contribution < -0.4 is 11.5 Å². The van der Waals surface area contributed by atoms with E-state index in [1.165, 1.54) is 12.8 Å². The highest BCUT2D eigenvalue weighted by molar-refractivity contribution is 5.74. The Morgan fingerprint density at radius 2 is 2.00 bits per heavy atom. The van der Waals surface area contributed by atoms with Gasteiger partial charge < -0.3 is 11.5 Å². The Bertz CT molecular complexity index is 635. The third-order valence-corrected chi connectivity index (χ3v) is 4.51. The summed E-state index contributed by atoms with van der Waals surface area (Å²) in [6.45, 7) is 4.59. The van der Waals surface area contributed by atoms with Gasteiger partial charge in [-0.1, -0.05) is 13.8 Å². The third-order valence-electron chi connectivity index (χ3n) is 4.51. The van der Waals surface area contributed by atoms with Gasteiger partial charge in [-0.2, -0.15) is 0 Å². The van der Waals surface area contributed by atoms with E-state index in [-0.39, 0.29) is 0 Å². The molecule has 21 heavy (non-hydrogen) atoms. The molecule has 6 nitrogen and oxygen atoms in total. The van der Waals surface area contributed by atoms with Crippen molar-refractivity contribution in [3.8, 4) is 11.4 Å². The molecule has 1 aliphatic rings. The lowest BCUT2D eigenvalue weighted by Gasteiger charge is -2.32. The zero-order valence-electron chi connectivity index (χ0n) is 12.5. The number of nitrogens with zero attached hydrogens (tertiary/aromatic N) is 4. The van der Waals surface area contributed by atoms with Crippen LogP contribution in [0.25, 0.3) is 11.4 Å². The molecule has 3 atom stereocenters. The summed E-state index contributed by atoms with van der Waals surface area (Å²) < 4.78 is 1.94. The van der Waals surface area contributed by atoms with Gasteiger partial charge in [0.05, 0.1) is 6.04 Å². The largest absolute Gasteiger partial charge is 0.399 e. The third kappa shape index (κ3) is 2.57. The molecule has 6 heteroatoms. The number of benzene rings is 1. The lowest BCUT2D eigenvalue weighted by atomic mass is 9.80. The number of hydrogen-bond acceptors (Lipinski definition) is 5. The number of aromatic nitrogens is 4. The zero-order chi connectivity index (χ0) is 15.0. The Kier molecular flexibility index (Phi) is 3.53. The van der Waals surface area contributed by atoms with Crippen molar-refractivity contribution >= 4 is 11.4 Å². The maximum absolute atomic E-state index is 6.08. The molecule has 0 amide bonds. The summed E-state index contributed by atoms with van der Waals surface area (Å²) >= 11 is 0. The molecule has 1 aliphatic carbocycles. The molecule has 2 aromatic rings. The summed E-state index contributed by atoms with van der Waals surface area (Å²) in [5.41, 5.74) is 13.9. The van der Waals surface area contributed by atoms with Crippen LogP contribution >= 0.6 is 0 Å². The van der Waals surface area contributed by atoms with Gasteiger partial charge in [0.15, 0.2) is 5.82 Å². The molecule has 0 radical (unpaired) electrons. The molecule has 0 spiro atoms. The molecule has 3 rings (SSSR count). The molecule has 1 fully saturated rings. The standard InChI is InChI=1S/C15H22N6/c1-9-3-6-14(10(2)7-9)21-15(18-19-20-21)12-5-4-11(16)8-13(12)17/h4-5,8-10,14H,3,6-7,16-17H2,1-2H3. The molecule has 0 aliphatic heterocycles. The first kappa shape index (κ1) is 13.9. The summed E-state index contributed by atoms with van der Waals surface area (Å²) in [7, 11) is 0. The van der Waals surface area contributed by atoms with Gasteiger partial charge in [0.25, 0.3) is 0 Å². The fourth-order valence-corrected chi connectivity index (χ4v) is 3.39. The van der Waals surface area contributed by atoms with Crippen molar-refractivity contribution in [1.82, 2.24) is 20.2 Å². The van der Waals surface area contributed by atoms with Gasteiger partial charge in [-0.3, -0.25) is 0 Å². The van der Waals surface area contributed by atoms with Gasteiger partial charge in [-0.25, -0.2) is 4.68 Å². The van der Waals surface area contributed by atoms with E-state index >= 15 is 0 Å². The summed E-state index contributed by atoms with van der Waals surface area (Å²) in [5.74, 6) is 2.07. The van der Waals surface area contributed by atoms with Crippen LogP contribution in [-0.2, 0) is 0 Å². The Labute approximate surface area is 124 Å². The molecule has 3 unspecified atom stereocenters. The number of nitrogens with two attached hydrogens (primary N) is 2. The van der Waals surface area contributed by atoms with E-state index in [1.54, 1.807) is 6.07 Å². The van der Waals surface area contributed by atoms with Crippen molar-refractivity contribution in [2.24, 2.45) is 11.8 Å². The molecule has 4 N–H and O–H groups in total. The predicted octanol–water partition coefficient (Wildman–Crippen LogP) is 2.50. The van der Waals surface area contributed by atoms with Crippen molar-refractivity contribution in [2.75, 3.05) is 11.5 Å². The van der Waals surface area contributed by atoms with Crippen molar-refractivity contribution in [2.45, 2.75) is 39.2 Å². The van der Waals surface area contributed by atoms with Crippen LogP contribution in [0.2, 0.25) is 0 Å². The number of hydrogen-bond donors (Lipinski definition) is 2. The van der Waals surface area contributed by atoms with Gasteiger partial charge in [0.2, 0.25) is 0 Å². The average Bonchev–Trinajstić information content (AvgIpc) is 2.87. The van der Waals surface area contributed by atoms with Crippen LogP contribution in [0.4, 0.5) is 11.4 Å². The minimum Gasteiger partial charge on any atom is -0.399 e. The average molecular weight is 286 g/mol. The van der Waals surface area contributed by atoms with E-state index in [9.17, 15) is 0 Å². The van der Waals surface area contributed by atoms with E-state index in [4.69, 9.17) is 11.5 Å². The zero-order valence-corrected chi connectivity index (χ0v) is 12.5. The molecule has 1 aromatic heterocycles. The lowest BCUT2D eigenvalue weighted by Crippen LogP contribution is -2.26. The van der Waals surface area contributed by atoms with Crippen molar-refractivity contribution < 1.29 is 0 Å². The van der Waals surface area contributed by atoms with Crippen LogP contribution in [0.15, 0.2) is 18.2 Å². The van der Waals surface area contributed by atoms with E-state index in [0.717, 1.165) is 23.7 Å². The minimum absolute atomic E-state index is 0.336. The molecule has 1 heterocycles. The van der Waals surface area contributed by atoms with Gasteiger partial charge in [-0.15, -0.1) is 5.10 Å². The Hall–Kier alpha value is -2.11. The summed E-state index contributed by atoms with van der Waals surface area (Å²) in [5, 5.41) is 12.3. The van der Waals surface area contributed by atoms with Crippen LogP contribution in [0.3, 0.4) is 0 Å². The Morgan fingerprint density at radius 3 is 2.71 bits per heavy atom. The highest BCUT2D eigenvalue weighted by Crippen LogP contribution is 2.38. The summed E-state index contributed by atoms with van der Waals surface area (Å²) in [4.78, 5) is 0. The number of rotatable bonds is 2. The van der Waals surface area contributed by atoms with Gasteiger partial charge >= 0.3 is 0 Å². The second-order valence-corrected chi connectivity index (χ2v) is 6.26. The number of tetrazole rings is 1. The molecule has 112 valence electrons. The summed E-state index contributed by atoms with van der Waals surface area (Å²) in [6, 6.07) is 5.81. The van der Waals surface area contributed by atoms with Gasteiger partial charge in [0, 0.05) is 16.9 Å². The van der Waals surface area contributed by atoms with Crippen LogP contribution in [0, 0.1) is 11.8 Å². The lowest BCUT2D eigenvalue weighted by molar-refractivity contribution is 0.194. The summed E-state index contributed by atoms with van der Waals surface area (Å²) in [6.07, 6.45) is 3.53. The van der Waals surface area contributed by atoms with E-state index in [2.05, 4.69) is 29.4 Å². The minimum atomic E-state index is 0.336. The van der Waals surface area contributed by atoms with Crippen molar-refractivity contribution in [1.29, 1.82) is 0 Å². The van der Waals surface area contributed by atoms with Crippen LogP contribution in [-0.4, -0.2) is 20.2 Å². The molecule has 1 aromatic carbocycles. The van der Waals surface area contributed by atoms with E-state index in [0.29, 0.717) is 23.3 Å². The first-order valence-corrected chi connectivity index (χ1v) is 7.49. The second kappa shape index (κ2) is 5.35. The monoisotopic (exact) mass is 286 g/mol. The maximum atomic E-state index is 6.08. The smallest absolute Gasteiger partial charge is 0.184 e.